The Morgan fingerprint density at radius 2 is 1.75 bits per heavy atom. The molecule has 0 saturated heterocycles. The summed E-state index contributed by atoms with van der Waals surface area (Å²) in [5.41, 5.74) is 6.03. The van der Waals surface area contributed by atoms with Crippen molar-refractivity contribution in [2.24, 2.45) is 0 Å². The number of hydrogen-bond donors (Lipinski definition) is 1. The van der Waals surface area contributed by atoms with Gasteiger partial charge in [-0.1, -0.05) is 30.3 Å². The van der Waals surface area contributed by atoms with Gasteiger partial charge in [0, 0.05) is 29.9 Å². The Balaban J connectivity index is 1.57. The molecule has 0 fully saturated rings. The third-order valence-electron chi connectivity index (χ3n) is 4.95. The molecule has 5 nitrogen and oxygen atoms in total. The van der Waals surface area contributed by atoms with Crippen molar-refractivity contribution >= 4 is 5.91 Å². The average Bonchev–Trinajstić information content (AvgIpc) is 3.06. The highest BCUT2D eigenvalue weighted by atomic mass is 16.5. The number of aryl methyl sites for hydroxylation is 3. The van der Waals surface area contributed by atoms with E-state index >= 15 is 0 Å². The Bertz CT molecular complexity index is 938. The Morgan fingerprint density at radius 3 is 2.36 bits per heavy atom. The molecule has 0 atom stereocenters. The zero-order valence-electron chi connectivity index (χ0n) is 17.0. The van der Waals surface area contributed by atoms with Gasteiger partial charge in [-0.25, -0.2) is 0 Å². The van der Waals surface area contributed by atoms with Gasteiger partial charge in [0.2, 0.25) is 0 Å². The van der Waals surface area contributed by atoms with Gasteiger partial charge >= 0.3 is 0 Å². The minimum Gasteiger partial charge on any atom is -0.488 e. The number of amides is 1. The molecule has 5 heteroatoms. The fraction of sp³-hybridized carbons (Fsp3) is 0.304. The highest BCUT2D eigenvalue weighted by molar-refractivity contribution is 5.94. The van der Waals surface area contributed by atoms with Crippen LogP contribution in [0.3, 0.4) is 0 Å². The minimum atomic E-state index is -0.0918. The Morgan fingerprint density at radius 1 is 1.07 bits per heavy atom. The smallest absolute Gasteiger partial charge is 0.251 e. The third-order valence-corrected chi connectivity index (χ3v) is 4.95. The van der Waals surface area contributed by atoms with E-state index in [1.54, 1.807) is 0 Å². The quantitative estimate of drug-likeness (QED) is 0.666. The van der Waals surface area contributed by atoms with Gasteiger partial charge in [0.05, 0.1) is 6.20 Å². The molecule has 1 amide bonds. The van der Waals surface area contributed by atoms with E-state index < -0.39 is 0 Å². The zero-order valence-corrected chi connectivity index (χ0v) is 17.0. The lowest BCUT2D eigenvalue weighted by molar-refractivity contribution is 0.0951. The molecule has 2 aromatic carbocycles. The van der Waals surface area contributed by atoms with Crippen molar-refractivity contribution in [3.63, 3.8) is 0 Å². The number of ether oxygens (including phenoxy) is 1. The highest BCUT2D eigenvalue weighted by Crippen LogP contribution is 2.23. The second kappa shape index (κ2) is 8.74. The van der Waals surface area contributed by atoms with Crippen LogP contribution in [-0.4, -0.2) is 15.7 Å². The number of nitrogens with zero attached hydrogens (tertiary/aromatic N) is 2. The number of rotatable bonds is 7. The van der Waals surface area contributed by atoms with Crippen LogP contribution in [0.1, 0.15) is 45.2 Å². The number of carbonyl (C=O) groups is 1. The van der Waals surface area contributed by atoms with Gasteiger partial charge in [-0.3, -0.25) is 9.48 Å². The van der Waals surface area contributed by atoms with E-state index in [1.165, 1.54) is 0 Å². The average molecular weight is 377 g/mol. The second-order valence-electron chi connectivity index (χ2n) is 6.96. The standard InChI is InChI=1S/C23H27N3O2/c1-5-26-18(4)21(14-25-26)13-24-23(27)20-11-9-19(10-12-20)15-28-22-16(2)7-6-8-17(22)3/h6-12,14H,5,13,15H2,1-4H3,(H,24,27). The molecule has 0 aliphatic carbocycles. The van der Waals surface area contributed by atoms with Crippen LogP contribution in [0, 0.1) is 20.8 Å². The summed E-state index contributed by atoms with van der Waals surface area (Å²) >= 11 is 0. The summed E-state index contributed by atoms with van der Waals surface area (Å²) in [7, 11) is 0. The van der Waals surface area contributed by atoms with Crippen LogP contribution in [0.2, 0.25) is 0 Å². The van der Waals surface area contributed by atoms with Gasteiger partial charge in [-0.2, -0.15) is 5.10 Å². The number of benzene rings is 2. The van der Waals surface area contributed by atoms with E-state index in [4.69, 9.17) is 4.74 Å². The normalized spacial score (nSPS) is 10.7. The van der Waals surface area contributed by atoms with Crippen molar-refractivity contribution in [2.45, 2.75) is 47.4 Å². The summed E-state index contributed by atoms with van der Waals surface area (Å²) < 4.78 is 7.90. The summed E-state index contributed by atoms with van der Waals surface area (Å²) in [6.45, 7) is 9.93. The van der Waals surface area contributed by atoms with Crippen LogP contribution in [-0.2, 0) is 19.7 Å². The van der Waals surface area contributed by atoms with Gasteiger partial charge in [0.1, 0.15) is 12.4 Å². The first kappa shape index (κ1) is 19.7. The van der Waals surface area contributed by atoms with E-state index in [2.05, 4.69) is 10.4 Å². The Kier molecular flexibility index (Phi) is 6.14. The maximum Gasteiger partial charge on any atom is 0.251 e. The van der Waals surface area contributed by atoms with Crippen LogP contribution >= 0.6 is 0 Å². The lowest BCUT2D eigenvalue weighted by atomic mass is 10.1. The van der Waals surface area contributed by atoms with Crippen LogP contribution in [0.15, 0.2) is 48.7 Å². The first-order valence-electron chi connectivity index (χ1n) is 9.57. The Labute approximate surface area is 166 Å². The highest BCUT2D eigenvalue weighted by Gasteiger charge is 2.09. The van der Waals surface area contributed by atoms with E-state index in [-0.39, 0.29) is 5.91 Å². The Hall–Kier alpha value is -3.08. The van der Waals surface area contributed by atoms with Crippen LogP contribution in [0.5, 0.6) is 5.75 Å². The van der Waals surface area contributed by atoms with Crippen molar-refractivity contribution in [2.75, 3.05) is 0 Å². The molecule has 0 spiro atoms. The molecule has 0 saturated carbocycles. The van der Waals surface area contributed by atoms with Gasteiger partial charge in [-0.15, -0.1) is 0 Å². The van der Waals surface area contributed by atoms with Crippen molar-refractivity contribution in [1.29, 1.82) is 0 Å². The number of carbonyl (C=O) groups excluding carboxylic acids is 1. The molecule has 0 aliphatic rings. The first-order valence-corrected chi connectivity index (χ1v) is 9.57. The molecular formula is C23H27N3O2. The van der Waals surface area contributed by atoms with E-state index in [1.807, 2.05) is 81.0 Å². The van der Waals surface area contributed by atoms with Gasteiger partial charge in [-0.05, 0) is 56.5 Å². The largest absolute Gasteiger partial charge is 0.488 e. The molecule has 0 bridgehead atoms. The first-order chi connectivity index (χ1) is 13.5. The van der Waals surface area contributed by atoms with E-state index in [9.17, 15) is 4.79 Å². The topological polar surface area (TPSA) is 56.2 Å². The fourth-order valence-corrected chi connectivity index (χ4v) is 3.19. The van der Waals surface area contributed by atoms with Crippen molar-refractivity contribution in [3.8, 4) is 5.75 Å². The maximum atomic E-state index is 12.4. The third kappa shape index (κ3) is 4.42. The molecule has 3 aromatic rings. The molecule has 0 radical (unpaired) electrons. The summed E-state index contributed by atoms with van der Waals surface area (Å²) in [6, 6.07) is 13.6. The fourth-order valence-electron chi connectivity index (χ4n) is 3.19. The number of nitrogens with one attached hydrogen (secondary N) is 1. The lowest BCUT2D eigenvalue weighted by Crippen LogP contribution is -2.23. The molecule has 146 valence electrons. The van der Waals surface area contributed by atoms with Crippen LogP contribution in [0.4, 0.5) is 0 Å². The van der Waals surface area contributed by atoms with Crippen LogP contribution in [0.25, 0.3) is 0 Å². The van der Waals surface area contributed by atoms with Gasteiger partial charge in [0.25, 0.3) is 5.91 Å². The molecular weight excluding hydrogens is 350 g/mol. The SMILES string of the molecule is CCn1ncc(CNC(=O)c2ccc(COc3c(C)cccc3C)cc2)c1C. The summed E-state index contributed by atoms with van der Waals surface area (Å²) in [5, 5.41) is 7.27. The zero-order chi connectivity index (χ0) is 20.1. The molecule has 1 N–H and O–H groups in total. The molecule has 0 unspecified atom stereocenters. The summed E-state index contributed by atoms with van der Waals surface area (Å²) in [6.07, 6.45) is 1.81. The van der Waals surface area contributed by atoms with Gasteiger partial charge in [0.15, 0.2) is 0 Å². The minimum absolute atomic E-state index is 0.0918. The van der Waals surface area contributed by atoms with E-state index in [0.29, 0.717) is 18.7 Å². The second-order valence-corrected chi connectivity index (χ2v) is 6.96. The molecule has 1 heterocycles. The number of aromatic nitrogens is 2. The van der Waals surface area contributed by atoms with Crippen molar-refractivity contribution in [3.05, 3.63) is 82.2 Å². The maximum absolute atomic E-state index is 12.4. The molecule has 28 heavy (non-hydrogen) atoms. The molecule has 1 aromatic heterocycles. The van der Waals surface area contributed by atoms with Crippen LogP contribution < -0.4 is 10.1 Å². The summed E-state index contributed by atoms with van der Waals surface area (Å²) in [5.74, 6) is 0.832. The lowest BCUT2D eigenvalue weighted by Gasteiger charge is -2.12. The summed E-state index contributed by atoms with van der Waals surface area (Å²) in [4.78, 5) is 12.4. The van der Waals surface area contributed by atoms with Crippen molar-refractivity contribution < 1.29 is 9.53 Å². The number of para-hydroxylation sites is 1. The van der Waals surface area contributed by atoms with Gasteiger partial charge < -0.3 is 10.1 Å². The number of hydrogen-bond acceptors (Lipinski definition) is 3. The predicted molar refractivity (Wildman–Crippen MR) is 110 cm³/mol. The van der Waals surface area contributed by atoms with E-state index in [0.717, 1.165) is 40.2 Å². The predicted octanol–water partition coefficient (Wildman–Crippen LogP) is 4.34. The molecule has 0 aliphatic heterocycles. The van der Waals surface area contributed by atoms with Crippen molar-refractivity contribution in [1.82, 2.24) is 15.1 Å². The monoisotopic (exact) mass is 377 g/mol. The molecule has 3 rings (SSSR count).